The predicted molar refractivity (Wildman–Crippen MR) is 63.8 cm³/mol. The van der Waals surface area contributed by atoms with Gasteiger partial charge in [0, 0.05) is 7.05 Å². The summed E-state index contributed by atoms with van der Waals surface area (Å²) in [4.78, 5) is 4.26. The predicted octanol–water partition coefficient (Wildman–Crippen LogP) is 3.47. The first-order valence-electron chi connectivity index (χ1n) is 4.92. The van der Waals surface area contributed by atoms with Crippen LogP contribution in [0.5, 0.6) is 0 Å². The van der Waals surface area contributed by atoms with Gasteiger partial charge in [-0.2, -0.15) is 0 Å². The van der Waals surface area contributed by atoms with E-state index in [-0.39, 0.29) is 0 Å². The van der Waals surface area contributed by atoms with Crippen molar-refractivity contribution in [1.82, 2.24) is 0 Å². The summed E-state index contributed by atoms with van der Waals surface area (Å²) in [5.41, 5.74) is 3.53. The number of aliphatic imine (C=N–C) groups is 1. The van der Waals surface area contributed by atoms with Gasteiger partial charge in [-0.25, -0.2) is 0 Å². The highest BCUT2D eigenvalue weighted by molar-refractivity contribution is 6.10. The molecule has 1 aliphatic rings. The van der Waals surface area contributed by atoms with Gasteiger partial charge in [-0.3, -0.25) is 4.99 Å². The molecule has 0 unspecified atom stereocenters. The number of allylic oxidation sites excluding steroid dienone is 8. The Morgan fingerprint density at radius 1 is 1.50 bits per heavy atom. The van der Waals surface area contributed by atoms with Crippen molar-refractivity contribution >= 4 is 5.71 Å². The molecule has 0 aliphatic heterocycles. The molecule has 0 radical (unpaired) electrons. The molecule has 1 heteroatoms. The number of rotatable bonds is 2. The second-order valence-corrected chi connectivity index (χ2v) is 3.29. The molecular formula is C13H17N. The van der Waals surface area contributed by atoms with Crippen molar-refractivity contribution in [2.75, 3.05) is 7.05 Å². The van der Waals surface area contributed by atoms with Gasteiger partial charge in [0.15, 0.2) is 0 Å². The number of nitrogens with zero attached hydrogens (tertiary/aromatic N) is 1. The van der Waals surface area contributed by atoms with Gasteiger partial charge in [-0.05, 0) is 31.9 Å². The third-order valence-corrected chi connectivity index (χ3v) is 2.12. The lowest BCUT2D eigenvalue weighted by atomic mass is 10.1. The Morgan fingerprint density at radius 3 is 2.93 bits per heavy atom. The summed E-state index contributed by atoms with van der Waals surface area (Å²) in [5.74, 6) is 0. The van der Waals surface area contributed by atoms with Crippen LogP contribution >= 0.6 is 0 Å². The second kappa shape index (κ2) is 5.38. The Labute approximate surface area is 86.2 Å². The van der Waals surface area contributed by atoms with Crippen LogP contribution in [-0.2, 0) is 0 Å². The molecule has 0 saturated heterocycles. The SMILES string of the molecule is C/C=C\C(=NC)C1=CC(C)=CCC=C1. The van der Waals surface area contributed by atoms with E-state index in [0.717, 1.165) is 12.1 Å². The smallest absolute Gasteiger partial charge is 0.0639 e. The molecule has 0 atom stereocenters. The van der Waals surface area contributed by atoms with E-state index < -0.39 is 0 Å². The molecule has 0 aromatic heterocycles. The van der Waals surface area contributed by atoms with E-state index in [9.17, 15) is 0 Å². The molecule has 0 fully saturated rings. The van der Waals surface area contributed by atoms with Crippen molar-refractivity contribution in [3.63, 3.8) is 0 Å². The summed E-state index contributed by atoms with van der Waals surface area (Å²) in [5, 5.41) is 0. The summed E-state index contributed by atoms with van der Waals surface area (Å²) in [6.07, 6.45) is 13.7. The monoisotopic (exact) mass is 187 g/mol. The zero-order valence-electron chi connectivity index (χ0n) is 9.12. The van der Waals surface area contributed by atoms with Crippen LogP contribution in [0.1, 0.15) is 20.3 Å². The minimum absolute atomic E-state index is 1.01. The summed E-state index contributed by atoms with van der Waals surface area (Å²) in [6, 6.07) is 0. The van der Waals surface area contributed by atoms with Crippen molar-refractivity contribution in [3.8, 4) is 0 Å². The molecule has 0 saturated carbocycles. The van der Waals surface area contributed by atoms with E-state index in [4.69, 9.17) is 0 Å². The second-order valence-electron chi connectivity index (χ2n) is 3.29. The molecule has 74 valence electrons. The molecule has 0 spiro atoms. The van der Waals surface area contributed by atoms with E-state index in [1.165, 1.54) is 11.1 Å². The van der Waals surface area contributed by atoms with Crippen molar-refractivity contribution in [1.29, 1.82) is 0 Å². The van der Waals surface area contributed by atoms with E-state index in [0.29, 0.717) is 0 Å². The standard InChI is InChI=1S/C13H17N/c1-4-7-13(14-3)12-9-6-5-8-11(2)10-12/h4,6-10H,5H2,1-3H3/b7-4-,14-13?. The topological polar surface area (TPSA) is 12.4 Å². The highest BCUT2D eigenvalue weighted by Gasteiger charge is 2.01. The van der Waals surface area contributed by atoms with Crippen molar-refractivity contribution in [2.45, 2.75) is 20.3 Å². The Bertz CT molecular complexity index is 338. The van der Waals surface area contributed by atoms with Gasteiger partial charge in [-0.15, -0.1) is 0 Å². The highest BCUT2D eigenvalue weighted by Crippen LogP contribution is 2.12. The normalized spacial score (nSPS) is 18.1. The average Bonchev–Trinajstić information content (AvgIpc) is 2.39. The molecule has 0 aromatic rings. The fourth-order valence-electron chi connectivity index (χ4n) is 1.42. The fourth-order valence-corrected chi connectivity index (χ4v) is 1.42. The van der Waals surface area contributed by atoms with Crippen molar-refractivity contribution in [3.05, 3.63) is 47.6 Å². The van der Waals surface area contributed by atoms with Gasteiger partial charge in [0.2, 0.25) is 0 Å². The number of hydrogen-bond acceptors (Lipinski definition) is 1. The summed E-state index contributed by atoms with van der Waals surface area (Å²) < 4.78 is 0. The first-order valence-corrected chi connectivity index (χ1v) is 4.92. The van der Waals surface area contributed by atoms with Gasteiger partial charge < -0.3 is 0 Å². The average molecular weight is 187 g/mol. The molecular weight excluding hydrogens is 170 g/mol. The molecule has 1 rings (SSSR count). The minimum atomic E-state index is 1.01. The van der Waals surface area contributed by atoms with Gasteiger partial charge in [0.05, 0.1) is 5.71 Å². The van der Waals surface area contributed by atoms with Crippen LogP contribution in [-0.4, -0.2) is 12.8 Å². The number of hydrogen-bond donors (Lipinski definition) is 0. The van der Waals surface area contributed by atoms with Gasteiger partial charge in [0.1, 0.15) is 0 Å². The molecule has 0 aromatic carbocycles. The maximum absolute atomic E-state index is 4.26. The first-order chi connectivity index (χ1) is 6.77. The largest absolute Gasteiger partial charge is 0.288 e. The van der Waals surface area contributed by atoms with E-state index >= 15 is 0 Å². The van der Waals surface area contributed by atoms with E-state index in [2.05, 4.69) is 36.2 Å². The van der Waals surface area contributed by atoms with Crippen molar-refractivity contribution in [2.24, 2.45) is 4.99 Å². The summed E-state index contributed by atoms with van der Waals surface area (Å²) in [6.45, 7) is 4.13. The lowest BCUT2D eigenvalue weighted by Crippen LogP contribution is -1.96. The maximum Gasteiger partial charge on any atom is 0.0639 e. The van der Waals surface area contributed by atoms with Crippen LogP contribution in [0.15, 0.2) is 52.6 Å². The highest BCUT2D eigenvalue weighted by atomic mass is 14.7. The summed E-state index contributed by atoms with van der Waals surface area (Å²) >= 11 is 0. The Kier molecular flexibility index (Phi) is 4.11. The lowest BCUT2D eigenvalue weighted by molar-refractivity contribution is 1.35. The zero-order valence-corrected chi connectivity index (χ0v) is 9.12. The van der Waals surface area contributed by atoms with Crippen LogP contribution in [0.2, 0.25) is 0 Å². The third kappa shape index (κ3) is 2.84. The van der Waals surface area contributed by atoms with Crippen molar-refractivity contribution < 1.29 is 0 Å². The Balaban J connectivity index is 3.01. The van der Waals surface area contributed by atoms with E-state index in [1.807, 2.05) is 26.1 Å². The van der Waals surface area contributed by atoms with E-state index in [1.54, 1.807) is 0 Å². The minimum Gasteiger partial charge on any atom is -0.288 e. The van der Waals surface area contributed by atoms with Crippen LogP contribution in [0.3, 0.4) is 0 Å². The van der Waals surface area contributed by atoms with Gasteiger partial charge >= 0.3 is 0 Å². The lowest BCUT2D eigenvalue weighted by Gasteiger charge is -2.00. The maximum atomic E-state index is 4.26. The molecule has 0 amide bonds. The van der Waals surface area contributed by atoms with Crippen LogP contribution in [0, 0.1) is 0 Å². The molecule has 0 heterocycles. The quantitative estimate of drug-likeness (QED) is 0.587. The van der Waals surface area contributed by atoms with Crippen LogP contribution in [0.4, 0.5) is 0 Å². The summed E-state index contributed by atoms with van der Waals surface area (Å²) in [7, 11) is 1.83. The van der Waals surface area contributed by atoms with Gasteiger partial charge in [-0.1, -0.05) is 36.0 Å². The Morgan fingerprint density at radius 2 is 2.29 bits per heavy atom. The molecule has 0 bridgehead atoms. The zero-order chi connectivity index (χ0) is 10.4. The molecule has 1 nitrogen and oxygen atoms in total. The van der Waals surface area contributed by atoms with Crippen LogP contribution in [0.25, 0.3) is 0 Å². The first kappa shape index (κ1) is 10.7. The fraction of sp³-hybridized carbons (Fsp3) is 0.308. The Hall–Kier alpha value is -1.37. The molecule has 0 N–H and O–H groups in total. The molecule has 1 aliphatic carbocycles. The van der Waals surface area contributed by atoms with Gasteiger partial charge in [0.25, 0.3) is 0 Å². The molecule has 14 heavy (non-hydrogen) atoms. The third-order valence-electron chi connectivity index (χ3n) is 2.12. The van der Waals surface area contributed by atoms with Crippen LogP contribution < -0.4 is 0 Å².